The highest BCUT2D eigenvalue weighted by molar-refractivity contribution is 6.76. The molecule has 2 saturated heterocycles. The molecule has 0 N–H and O–H groups in total. The summed E-state index contributed by atoms with van der Waals surface area (Å²) in [7, 11) is 0. The van der Waals surface area contributed by atoms with Gasteiger partial charge in [-0.3, -0.25) is 14.9 Å². The second-order valence-corrected chi connectivity index (χ2v) is 8.59. The summed E-state index contributed by atoms with van der Waals surface area (Å²) in [5.74, 6) is -0.537. The zero-order valence-electron chi connectivity index (χ0n) is 14.4. The van der Waals surface area contributed by atoms with Crippen molar-refractivity contribution in [1.29, 1.82) is 0 Å². The van der Waals surface area contributed by atoms with E-state index in [0.717, 1.165) is 5.69 Å². The van der Waals surface area contributed by atoms with Crippen LogP contribution in [0.3, 0.4) is 0 Å². The van der Waals surface area contributed by atoms with Crippen molar-refractivity contribution in [2.75, 3.05) is 62.3 Å². The largest absolute Gasteiger partial charge is 0.378 e. The van der Waals surface area contributed by atoms with Crippen LogP contribution in [0.5, 0.6) is 0 Å². The van der Waals surface area contributed by atoms with Crippen molar-refractivity contribution in [3.8, 4) is 0 Å². The van der Waals surface area contributed by atoms with Gasteiger partial charge in [-0.1, -0.05) is 34.8 Å². The molecule has 3 rings (SSSR count). The number of nitro benzene ring substituents is 1. The molecule has 0 spiro atoms. The third-order valence-corrected chi connectivity index (χ3v) is 5.17. The van der Waals surface area contributed by atoms with Gasteiger partial charge in [0.2, 0.25) is 0 Å². The lowest BCUT2D eigenvalue weighted by atomic mass is 10.1. The number of rotatable bonds is 3. The number of nitrogens with zero attached hydrogens (tertiary/aromatic N) is 4. The summed E-state index contributed by atoms with van der Waals surface area (Å²) in [5, 5.41) is 11.4. The first-order valence-corrected chi connectivity index (χ1v) is 9.63. The number of hydrogen-bond acceptors (Lipinski definition) is 6. The molecule has 8 nitrogen and oxygen atoms in total. The SMILES string of the molecule is O=C(N1CCN(c2ccc([N+](=O)[O-])c(N3CCOCC3)c2)CC1)C(Cl)(Cl)Cl. The van der Waals surface area contributed by atoms with Crippen LogP contribution in [0.1, 0.15) is 0 Å². The van der Waals surface area contributed by atoms with E-state index in [9.17, 15) is 14.9 Å². The van der Waals surface area contributed by atoms with Crippen LogP contribution in [0, 0.1) is 10.1 Å². The molecule has 2 aliphatic rings. The predicted molar refractivity (Wildman–Crippen MR) is 105 cm³/mol. The van der Waals surface area contributed by atoms with Crippen LogP contribution in [0.2, 0.25) is 0 Å². The average molecular weight is 438 g/mol. The summed E-state index contributed by atoms with van der Waals surface area (Å²) < 4.78 is 3.38. The minimum Gasteiger partial charge on any atom is -0.378 e. The van der Waals surface area contributed by atoms with Gasteiger partial charge in [0.25, 0.3) is 15.4 Å². The average Bonchev–Trinajstić information content (AvgIpc) is 2.67. The highest BCUT2D eigenvalue weighted by Gasteiger charge is 2.36. The van der Waals surface area contributed by atoms with Crippen molar-refractivity contribution < 1.29 is 14.5 Å². The van der Waals surface area contributed by atoms with Crippen LogP contribution in [-0.4, -0.2) is 72.0 Å². The fourth-order valence-corrected chi connectivity index (χ4v) is 3.63. The summed E-state index contributed by atoms with van der Waals surface area (Å²) in [5.41, 5.74) is 1.52. The molecule has 1 aromatic rings. The summed E-state index contributed by atoms with van der Waals surface area (Å²) >= 11 is 17.0. The first-order chi connectivity index (χ1) is 12.8. The van der Waals surface area contributed by atoms with Gasteiger partial charge in [-0.2, -0.15) is 0 Å². The standard InChI is InChI=1S/C16H19Cl3N4O4/c17-16(18,19)15(24)22-5-3-20(4-6-22)12-1-2-13(23(25)26)14(11-12)21-7-9-27-10-8-21/h1-2,11H,3-10H2. The summed E-state index contributed by atoms with van der Waals surface area (Å²) in [6, 6.07) is 5.09. The zero-order chi connectivity index (χ0) is 19.6. The van der Waals surface area contributed by atoms with Crippen LogP contribution in [0.15, 0.2) is 18.2 Å². The maximum atomic E-state index is 12.1. The van der Waals surface area contributed by atoms with Crippen molar-refractivity contribution in [3.05, 3.63) is 28.3 Å². The van der Waals surface area contributed by atoms with Gasteiger partial charge in [-0.25, -0.2) is 0 Å². The molecule has 0 aromatic heterocycles. The molecule has 1 aromatic carbocycles. The number of morpholine rings is 1. The molecule has 2 heterocycles. The van der Waals surface area contributed by atoms with E-state index in [1.807, 2.05) is 11.0 Å². The minimum atomic E-state index is -1.96. The van der Waals surface area contributed by atoms with Gasteiger partial charge in [0.1, 0.15) is 5.69 Å². The number of ether oxygens (including phenoxy) is 1. The van der Waals surface area contributed by atoms with E-state index in [4.69, 9.17) is 39.5 Å². The van der Waals surface area contributed by atoms with Gasteiger partial charge in [-0.15, -0.1) is 0 Å². The first kappa shape index (κ1) is 20.3. The topological polar surface area (TPSA) is 79.2 Å². The van der Waals surface area contributed by atoms with Crippen LogP contribution in [0.25, 0.3) is 0 Å². The number of halogens is 3. The number of nitro groups is 1. The van der Waals surface area contributed by atoms with Gasteiger partial charge >= 0.3 is 0 Å². The lowest BCUT2D eigenvalue weighted by molar-refractivity contribution is -0.384. The molecule has 0 radical (unpaired) electrons. The molecule has 27 heavy (non-hydrogen) atoms. The molecule has 0 atom stereocenters. The van der Waals surface area contributed by atoms with Crippen LogP contribution >= 0.6 is 34.8 Å². The fraction of sp³-hybridized carbons (Fsp3) is 0.562. The number of alkyl halides is 3. The lowest BCUT2D eigenvalue weighted by Crippen LogP contribution is -2.51. The summed E-state index contributed by atoms with van der Waals surface area (Å²) in [6.07, 6.45) is 0. The third-order valence-electron chi connectivity index (χ3n) is 4.68. The Morgan fingerprint density at radius 1 is 1.04 bits per heavy atom. The second-order valence-electron chi connectivity index (χ2n) is 6.31. The number of carbonyl (C=O) groups is 1. The maximum absolute atomic E-state index is 12.1. The summed E-state index contributed by atoms with van der Waals surface area (Å²) in [4.78, 5) is 28.7. The quantitative estimate of drug-likeness (QED) is 0.411. The third kappa shape index (κ3) is 4.68. The monoisotopic (exact) mass is 436 g/mol. The van der Waals surface area contributed by atoms with Gasteiger partial charge in [0.15, 0.2) is 0 Å². The Bertz CT molecular complexity index is 714. The smallest absolute Gasteiger partial charge is 0.292 e. The lowest BCUT2D eigenvalue weighted by Gasteiger charge is -2.37. The van der Waals surface area contributed by atoms with Crippen molar-refractivity contribution in [2.24, 2.45) is 0 Å². The Balaban J connectivity index is 1.76. The number of carbonyl (C=O) groups excluding carboxylic acids is 1. The van der Waals surface area contributed by atoms with Crippen molar-refractivity contribution >= 4 is 57.8 Å². The van der Waals surface area contributed by atoms with Crippen LogP contribution < -0.4 is 9.80 Å². The molecule has 0 unspecified atom stereocenters. The molecule has 11 heteroatoms. The second kappa shape index (κ2) is 8.26. The number of piperazine rings is 1. The van der Waals surface area contributed by atoms with E-state index in [1.165, 1.54) is 11.0 Å². The van der Waals surface area contributed by atoms with E-state index >= 15 is 0 Å². The van der Waals surface area contributed by atoms with Crippen LogP contribution in [-0.2, 0) is 9.53 Å². The Morgan fingerprint density at radius 2 is 1.67 bits per heavy atom. The number of hydrogen-bond donors (Lipinski definition) is 0. The summed E-state index contributed by atoms with van der Waals surface area (Å²) in [6.45, 7) is 4.22. The zero-order valence-corrected chi connectivity index (χ0v) is 16.7. The molecular weight excluding hydrogens is 419 g/mol. The van der Waals surface area contributed by atoms with Crippen molar-refractivity contribution in [3.63, 3.8) is 0 Å². The van der Waals surface area contributed by atoms with Gasteiger partial charge < -0.3 is 19.4 Å². The van der Waals surface area contributed by atoms with E-state index < -0.39 is 9.70 Å². The Kier molecular flexibility index (Phi) is 6.20. The van der Waals surface area contributed by atoms with E-state index in [0.29, 0.717) is 58.2 Å². The van der Waals surface area contributed by atoms with Crippen molar-refractivity contribution in [2.45, 2.75) is 3.79 Å². The Hall–Kier alpha value is -1.48. The first-order valence-electron chi connectivity index (χ1n) is 8.49. The molecule has 0 bridgehead atoms. The highest BCUT2D eigenvalue weighted by atomic mass is 35.6. The number of anilines is 2. The maximum Gasteiger partial charge on any atom is 0.292 e. The van der Waals surface area contributed by atoms with Crippen LogP contribution in [0.4, 0.5) is 17.1 Å². The number of benzene rings is 1. The van der Waals surface area contributed by atoms with Gasteiger partial charge in [0.05, 0.1) is 18.1 Å². The van der Waals surface area contributed by atoms with Crippen molar-refractivity contribution in [1.82, 2.24) is 4.90 Å². The molecule has 0 saturated carbocycles. The molecule has 2 fully saturated rings. The molecule has 2 aliphatic heterocycles. The Morgan fingerprint density at radius 3 is 2.22 bits per heavy atom. The highest BCUT2D eigenvalue weighted by Crippen LogP contribution is 2.34. The molecule has 1 amide bonds. The number of amides is 1. The molecule has 148 valence electrons. The fourth-order valence-electron chi connectivity index (χ4n) is 3.27. The predicted octanol–water partition coefficient (Wildman–Crippen LogP) is 2.45. The molecule has 0 aliphatic carbocycles. The van der Waals surface area contributed by atoms with E-state index in [-0.39, 0.29) is 10.6 Å². The minimum absolute atomic E-state index is 0.0747. The Labute approximate surface area is 171 Å². The normalized spacial score (nSPS) is 18.6. The molecular formula is C16H19Cl3N4O4. The van der Waals surface area contributed by atoms with E-state index in [2.05, 4.69) is 4.90 Å². The van der Waals surface area contributed by atoms with E-state index in [1.54, 1.807) is 6.07 Å². The van der Waals surface area contributed by atoms with Gasteiger partial charge in [0, 0.05) is 51.0 Å². The van der Waals surface area contributed by atoms with Gasteiger partial charge in [-0.05, 0) is 12.1 Å².